The van der Waals surface area contributed by atoms with E-state index >= 15 is 0 Å². The van der Waals surface area contributed by atoms with Crippen LogP contribution in [0.2, 0.25) is 0 Å². The summed E-state index contributed by atoms with van der Waals surface area (Å²) in [5.41, 5.74) is 8.84. The lowest BCUT2D eigenvalue weighted by Crippen LogP contribution is -2.50. The molecule has 6 heteroatoms. The lowest BCUT2D eigenvalue weighted by molar-refractivity contribution is -0.137. The first-order valence-electron chi connectivity index (χ1n) is 9.68. The maximum Gasteiger partial charge on any atom is 0.252 e. The van der Waals surface area contributed by atoms with Crippen LogP contribution in [0.3, 0.4) is 0 Å². The van der Waals surface area contributed by atoms with Gasteiger partial charge in [-0.15, -0.1) is 0 Å². The van der Waals surface area contributed by atoms with E-state index in [1.54, 1.807) is 6.20 Å². The number of nitrogens with two attached hydrogens (primary N) is 1. The van der Waals surface area contributed by atoms with Gasteiger partial charge < -0.3 is 16.0 Å². The van der Waals surface area contributed by atoms with E-state index in [0.717, 1.165) is 61.9 Å². The van der Waals surface area contributed by atoms with Crippen LogP contribution >= 0.6 is 0 Å². The molecule has 3 heterocycles. The molecule has 4 aliphatic rings. The number of rotatable bonds is 4. The highest BCUT2D eigenvalue weighted by Crippen LogP contribution is 2.42. The molecule has 5 rings (SSSR count). The third-order valence-corrected chi connectivity index (χ3v) is 6.32. The zero-order valence-electron chi connectivity index (χ0n) is 14.8. The van der Waals surface area contributed by atoms with Crippen molar-refractivity contribution in [3.63, 3.8) is 0 Å². The number of pyridine rings is 1. The quantitative estimate of drug-likeness (QED) is 0.868. The molecule has 1 aromatic heterocycles. The Morgan fingerprint density at radius 2 is 1.88 bits per heavy atom. The van der Waals surface area contributed by atoms with Crippen molar-refractivity contribution < 1.29 is 9.59 Å². The molecular formula is C20H24N4O2. The van der Waals surface area contributed by atoms with Crippen molar-refractivity contribution in [3.05, 3.63) is 29.1 Å². The second kappa shape index (κ2) is 5.83. The minimum absolute atomic E-state index is 0.259. The first-order valence-corrected chi connectivity index (χ1v) is 9.68. The van der Waals surface area contributed by atoms with Gasteiger partial charge in [-0.25, -0.2) is 0 Å². The van der Waals surface area contributed by atoms with Crippen molar-refractivity contribution in [2.24, 2.45) is 11.7 Å². The number of amides is 2. The Balaban J connectivity index is 1.39. The number of fused-ring (bicyclic) bond motifs is 3. The second-order valence-electron chi connectivity index (χ2n) is 8.10. The number of carbonyl (C=O) groups is 2. The molecule has 2 aliphatic carbocycles. The molecule has 3 fully saturated rings. The van der Waals surface area contributed by atoms with E-state index in [1.165, 1.54) is 0 Å². The van der Waals surface area contributed by atoms with Gasteiger partial charge in [-0.1, -0.05) is 12.2 Å². The maximum atomic E-state index is 12.6. The standard InChI is InChI=1S/C20H24N4O2/c21-19(25)16-10-22-17-3-1-2-15(17)18(16)23-12-8-13-6-7-14(9-12)24(13)20(26)11-4-5-11/h1-2,10-14H,3-9H2,(H2,21,25)(H,22,23)/t12?,13-,14+. The smallest absolute Gasteiger partial charge is 0.252 e. The van der Waals surface area contributed by atoms with Gasteiger partial charge in [0.2, 0.25) is 5.91 Å². The molecule has 0 aromatic carbocycles. The number of primary amides is 1. The first-order chi connectivity index (χ1) is 12.6. The summed E-state index contributed by atoms with van der Waals surface area (Å²) in [4.78, 5) is 31.1. The minimum atomic E-state index is -0.451. The topological polar surface area (TPSA) is 88.3 Å². The summed E-state index contributed by atoms with van der Waals surface area (Å²) in [6.07, 6.45) is 12.7. The molecule has 1 aromatic rings. The summed E-state index contributed by atoms with van der Waals surface area (Å²) in [7, 11) is 0. The molecule has 2 amide bonds. The first kappa shape index (κ1) is 15.9. The van der Waals surface area contributed by atoms with Crippen LogP contribution in [0.1, 0.15) is 60.1 Å². The van der Waals surface area contributed by atoms with Crippen molar-refractivity contribution in [2.75, 3.05) is 5.32 Å². The van der Waals surface area contributed by atoms with Crippen LogP contribution in [-0.2, 0) is 11.2 Å². The van der Waals surface area contributed by atoms with E-state index in [-0.39, 0.29) is 12.0 Å². The molecule has 3 atom stereocenters. The van der Waals surface area contributed by atoms with Gasteiger partial charge >= 0.3 is 0 Å². The molecule has 1 unspecified atom stereocenters. The number of anilines is 1. The number of aromatic nitrogens is 1. The Bertz CT molecular complexity index is 800. The van der Waals surface area contributed by atoms with Gasteiger partial charge in [0.15, 0.2) is 0 Å². The third-order valence-electron chi connectivity index (χ3n) is 6.32. The van der Waals surface area contributed by atoms with Gasteiger partial charge in [0.1, 0.15) is 0 Å². The van der Waals surface area contributed by atoms with Crippen molar-refractivity contribution in [1.29, 1.82) is 0 Å². The molecule has 2 saturated heterocycles. The monoisotopic (exact) mass is 352 g/mol. The molecule has 6 nitrogen and oxygen atoms in total. The lowest BCUT2D eigenvalue weighted by Gasteiger charge is -2.40. The van der Waals surface area contributed by atoms with Crippen LogP contribution in [0.5, 0.6) is 0 Å². The van der Waals surface area contributed by atoms with Gasteiger partial charge in [-0.05, 0) is 38.5 Å². The van der Waals surface area contributed by atoms with E-state index in [2.05, 4.69) is 21.3 Å². The Kier molecular flexibility index (Phi) is 3.55. The predicted molar refractivity (Wildman–Crippen MR) is 98.5 cm³/mol. The number of allylic oxidation sites excluding steroid dienone is 1. The average molecular weight is 352 g/mol. The molecule has 26 heavy (non-hydrogen) atoms. The summed E-state index contributed by atoms with van der Waals surface area (Å²) >= 11 is 0. The van der Waals surface area contributed by atoms with E-state index in [4.69, 9.17) is 5.73 Å². The minimum Gasteiger partial charge on any atom is -0.381 e. The summed E-state index contributed by atoms with van der Waals surface area (Å²) in [6.45, 7) is 0. The largest absolute Gasteiger partial charge is 0.381 e. The molecule has 2 aliphatic heterocycles. The highest BCUT2D eigenvalue weighted by atomic mass is 16.2. The van der Waals surface area contributed by atoms with Gasteiger partial charge in [0, 0.05) is 42.2 Å². The van der Waals surface area contributed by atoms with Crippen LogP contribution < -0.4 is 11.1 Å². The Hall–Kier alpha value is -2.37. The zero-order chi connectivity index (χ0) is 17.8. The molecule has 3 N–H and O–H groups in total. The van der Waals surface area contributed by atoms with E-state index in [1.807, 2.05) is 6.08 Å². The zero-order valence-corrected chi connectivity index (χ0v) is 14.8. The van der Waals surface area contributed by atoms with Gasteiger partial charge in [-0.3, -0.25) is 14.6 Å². The van der Waals surface area contributed by atoms with Crippen LogP contribution in [0.4, 0.5) is 5.69 Å². The molecule has 2 bridgehead atoms. The molecule has 0 radical (unpaired) electrons. The van der Waals surface area contributed by atoms with Crippen molar-refractivity contribution in [3.8, 4) is 0 Å². The SMILES string of the molecule is NC(=O)c1cnc2c(c1NC1C[C@H]3CC[C@@H](C1)N3C(=O)C1CC1)C=CC2. The number of carbonyl (C=O) groups excluding carboxylic acids is 2. The van der Waals surface area contributed by atoms with Crippen molar-refractivity contribution in [1.82, 2.24) is 9.88 Å². The van der Waals surface area contributed by atoms with E-state index in [0.29, 0.717) is 23.6 Å². The number of nitrogens with zero attached hydrogens (tertiary/aromatic N) is 2. The van der Waals surface area contributed by atoms with Crippen LogP contribution in [0, 0.1) is 5.92 Å². The number of hydrogen-bond donors (Lipinski definition) is 2. The summed E-state index contributed by atoms with van der Waals surface area (Å²) in [6, 6.07) is 0.929. The third kappa shape index (κ3) is 2.50. The predicted octanol–water partition coefficient (Wildman–Crippen LogP) is 2.09. The Morgan fingerprint density at radius 1 is 1.15 bits per heavy atom. The summed E-state index contributed by atoms with van der Waals surface area (Å²) < 4.78 is 0. The van der Waals surface area contributed by atoms with Gasteiger partial charge in [0.25, 0.3) is 5.91 Å². The summed E-state index contributed by atoms with van der Waals surface area (Å²) in [5, 5.41) is 3.61. The van der Waals surface area contributed by atoms with Crippen LogP contribution in [0.15, 0.2) is 12.3 Å². The van der Waals surface area contributed by atoms with E-state index < -0.39 is 5.91 Å². The molecule has 136 valence electrons. The maximum absolute atomic E-state index is 12.6. The fourth-order valence-corrected chi connectivity index (χ4v) is 4.94. The molecular weight excluding hydrogens is 328 g/mol. The summed E-state index contributed by atoms with van der Waals surface area (Å²) in [5.74, 6) is 0.214. The number of hydrogen-bond acceptors (Lipinski definition) is 4. The van der Waals surface area contributed by atoms with Gasteiger partial charge in [-0.2, -0.15) is 0 Å². The molecule has 0 spiro atoms. The highest BCUT2D eigenvalue weighted by Gasteiger charge is 2.47. The molecule has 1 saturated carbocycles. The fourth-order valence-electron chi connectivity index (χ4n) is 4.94. The average Bonchev–Trinajstić information content (AvgIpc) is 3.29. The highest BCUT2D eigenvalue weighted by molar-refractivity contribution is 6.00. The Morgan fingerprint density at radius 3 is 2.54 bits per heavy atom. The lowest BCUT2D eigenvalue weighted by atomic mass is 9.95. The second-order valence-corrected chi connectivity index (χ2v) is 8.10. The normalized spacial score (nSPS) is 28.9. The fraction of sp³-hybridized carbons (Fsp3) is 0.550. The number of piperidine rings is 1. The van der Waals surface area contributed by atoms with E-state index in [9.17, 15) is 9.59 Å². The van der Waals surface area contributed by atoms with Crippen LogP contribution in [0.25, 0.3) is 6.08 Å². The van der Waals surface area contributed by atoms with Crippen LogP contribution in [-0.4, -0.2) is 39.8 Å². The number of nitrogens with one attached hydrogen (secondary N) is 1. The van der Waals surface area contributed by atoms with Crippen molar-refractivity contribution in [2.45, 2.75) is 63.1 Å². The van der Waals surface area contributed by atoms with Crippen molar-refractivity contribution >= 4 is 23.6 Å². The Labute approximate surface area is 152 Å². The van der Waals surface area contributed by atoms with Gasteiger partial charge in [0.05, 0.1) is 16.9 Å².